The summed E-state index contributed by atoms with van der Waals surface area (Å²) in [5.74, 6) is -0.0612. The van der Waals surface area contributed by atoms with E-state index in [-0.39, 0.29) is 12.5 Å². The third-order valence-electron chi connectivity index (χ3n) is 3.15. The van der Waals surface area contributed by atoms with Gasteiger partial charge < -0.3 is 15.7 Å². The van der Waals surface area contributed by atoms with E-state index in [1.165, 1.54) is 0 Å². The van der Waals surface area contributed by atoms with Crippen LogP contribution in [0.25, 0.3) is 0 Å². The Morgan fingerprint density at radius 1 is 1.44 bits per heavy atom. The van der Waals surface area contributed by atoms with Crippen molar-refractivity contribution in [1.82, 2.24) is 4.90 Å². The molecule has 0 aliphatic carbocycles. The molecule has 0 saturated heterocycles. The summed E-state index contributed by atoms with van der Waals surface area (Å²) in [6, 6.07) is 0. The number of aliphatic hydroxyl groups excluding tert-OH is 1. The van der Waals surface area contributed by atoms with Crippen molar-refractivity contribution < 1.29 is 9.90 Å². The lowest BCUT2D eigenvalue weighted by Gasteiger charge is -2.40. The molecule has 4 heteroatoms. The minimum Gasteiger partial charge on any atom is -0.395 e. The van der Waals surface area contributed by atoms with Crippen molar-refractivity contribution in [2.45, 2.75) is 33.2 Å². The normalized spacial score (nSPS) is 12.4. The molecule has 0 atom stereocenters. The largest absolute Gasteiger partial charge is 0.395 e. The summed E-state index contributed by atoms with van der Waals surface area (Å²) in [4.78, 5) is 13.8. The molecule has 0 spiro atoms. The van der Waals surface area contributed by atoms with Crippen molar-refractivity contribution in [3.05, 3.63) is 12.7 Å². The second kappa shape index (κ2) is 5.46. The van der Waals surface area contributed by atoms with Crippen LogP contribution in [0.15, 0.2) is 12.7 Å². The molecule has 0 aromatic rings. The van der Waals surface area contributed by atoms with Crippen LogP contribution in [-0.2, 0) is 4.79 Å². The highest BCUT2D eigenvalue weighted by atomic mass is 16.3. The molecule has 0 aromatic heterocycles. The number of carbonyl (C=O) groups excluding carboxylic acids is 1. The summed E-state index contributed by atoms with van der Waals surface area (Å²) >= 11 is 0. The molecule has 0 unspecified atom stereocenters. The third-order valence-corrected chi connectivity index (χ3v) is 3.15. The molecule has 0 bridgehead atoms. The van der Waals surface area contributed by atoms with Gasteiger partial charge in [-0.25, -0.2) is 0 Å². The van der Waals surface area contributed by atoms with Crippen LogP contribution >= 0.6 is 0 Å². The first kappa shape index (κ1) is 15.1. The summed E-state index contributed by atoms with van der Waals surface area (Å²) < 4.78 is 0. The monoisotopic (exact) mass is 228 g/mol. The lowest BCUT2D eigenvalue weighted by Crippen LogP contribution is -2.56. The predicted octanol–water partition coefficient (Wildman–Crippen LogP) is 0.757. The Labute approximate surface area is 98.1 Å². The first-order valence-corrected chi connectivity index (χ1v) is 5.48. The van der Waals surface area contributed by atoms with Crippen LogP contribution in [0.3, 0.4) is 0 Å². The van der Waals surface area contributed by atoms with Gasteiger partial charge in [-0.3, -0.25) is 4.79 Å². The average Bonchev–Trinajstić information content (AvgIpc) is 2.14. The molecule has 0 aliphatic heterocycles. The van der Waals surface area contributed by atoms with E-state index in [9.17, 15) is 4.79 Å². The number of aliphatic hydroxyl groups is 1. The Morgan fingerprint density at radius 3 is 2.25 bits per heavy atom. The second-order valence-electron chi connectivity index (χ2n) is 5.11. The standard InChI is InChI=1S/C12H24N2O2/c1-6-7-14(8-9-15)10(16)11(2,3)12(4,5)13/h6,15H,1,7-9,13H2,2-5H3. The van der Waals surface area contributed by atoms with Gasteiger partial charge in [-0.05, 0) is 27.7 Å². The minimum atomic E-state index is -0.675. The van der Waals surface area contributed by atoms with Crippen LogP contribution < -0.4 is 5.73 Å². The fourth-order valence-corrected chi connectivity index (χ4v) is 1.22. The number of rotatable bonds is 6. The predicted molar refractivity (Wildman–Crippen MR) is 65.9 cm³/mol. The van der Waals surface area contributed by atoms with Gasteiger partial charge in [0.15, 0.2) is 0 Å². The van der Waals surface area contributed by atoms with Crippen LogP contribution in [0.1, 0.15) is 27.7 Å². The van der Waals surface area contributed by atoms with E-state index >= 15 is 0 Å². The van der Waals surface area contributed by atoms with Crippen molar-refractivity contribution in [3.8, 4) is 0 Å². The highest BCUT2D eigenvalue weighted by molar-refractivity contribution is 5.83. The van der Waals surface area contributed by atoms with Crippen molar-refractivity contribution in [2.75, 3.05) is 19.7 Å². The molecular weight excluding hydrogens is 204 g/mol. The quantitative estimate of drug-likeness (QED) is 0.659. The van der Waals surface area contributed by atoms with Gasteiger partial charge in [0, 0.05) is 18.6 Å². The zero-order chi connectivity index (χ0) is 13.0. The summed E-state index contributed by atoms with van der Waals surface area (Å²) in [7, 11) is 0. The number of amides is 1. The van der Waals surface area contributed by atoms with E-state index in [1.807, 2.05) is 27.7 Å². The van der Waals surface area contributed by atoms with Crippen LogP contribution in [0.4, 0.5) is 0 Å². The molecule has 4 nitrogen and oxygen atoms in total. The van der Waals surface area contributed by atoms with E-state index in [0.29, 0.717) is 13.1 Å². The van der Waals surface area contributed by atoms with Crippen molar-refractivity contribution in [3.63, 3.8) is 0 Å². The highest BCUT2D eigenvalue weighted by Gasteiger charge is 2.42. The number of hydrogen-bond donors (Lipinski definition) is 2. The lowest BCUT2D eigenvalue weighted by atomic mass is 9.74. The van der Waals surface area contributed by atoms with Gasteiger partial charge in [-0.1, -0.05) is 6.08 Å². The lowest BCUT2D eigenvalue weighted by molar-refractivity contribution is -0.143. The van der Waals surface area contributed by atoms with Crippen molar-refractivity contribution in [2.24, 2.45) is 11.1 Å². The summed E-state index contributed by atoms with van der Waals surface area (Å²) in [5, 5.41) is 8.92. The second-order valence-corrected chi connectivity index (χ2v) is 5.11. The van der Waals surface area contributed by atoms with Gasteiger partial charge in [0.2, 0.25) is 5.91 Å². The van der Waals surface area contributed by atoms with Crippen molar-refractivity contribution in [1.29, 1.82) is 0 Å². The van der Waals surface area contributed by atoms with Gasteiger partial charge in [-0.2, -0.15) is 0 Å². The molecule has 3 N–H and O–H groups in total. The Kier molecular flexibility index (Phi) is 5.16. The van der Waals surface area contributed by atoms with E-state index in [0.717, 1.165) is 0 Å². The average molecular weight is 228 g/mol. The van der Waals surface area contributed by atoms with E-state index < -0.39 is 11.0 Å². The summed E-state index contributed by atoms with van der Waals surface area (Å²) in [5.41, 5.74) is 4.72. The SMILES string of the molecule is C=CCN(CCO)C(=O)C(C)(C)C(C)(C)N. The van der Waals surface area contributed by atoms with Gasteiger partial charge >= 0.3 is 0 Å². The Morgan fingerprint density at radius 2 is 1.94 bits per heavy atom. The zero-order valence-electron chi connectivity index (χ0n) is 10.8. The number of nitrogens with two attached hydrogens (primary N) is 1. The molecule has 16 heavy (non-hydrogen) atoms. The zero-order valence-corrected chi connectivity index (χ0v) is 10.8. The molecule has 94 valence electrons. The van der Waals surface area contributed by atoms with Gasteiger partial charge in [0.1, 0.15) is 0 Å². The Balaban J connectivity index is 4.91. The molecule has 0 saturated carbocycles. The molecule has 0 aliphatic rings. The van der Waals surface area contributed by atoms with E-state index in [4.69, 9.17) is 10.8 Å². The number of carbonyl (C=O) groups is 1. The minimum absolute atomic E-state index is 0.0549. The van der Waals surface area contributed by atoms with Gasteiger partial charge in [0.25, 0.3) is 0 Å². The fourth-order valence-electron chi connectivity index (χ4n) is 1.22. The van der Waals surface area contributed by atoms with Gasteiger partial charge in [0.05, 0.1) is 12.0 Å². The molecule has 1 amide bonds. The third kappa shape index (κ3) is 3.32. The van der Waals surface area contributed by atoms with Crippen LogP contribution in [0.5, 0.6) is 0 Å². The first-order chi connectivity index (χ1) is 7.18. The van der Waals surface area contributed by atoms with Crippen LogP contribution in [0.2, 0.25) is 0 Å². The smallest absolute Gasteiger partial charge is 0.230 e. The maximum Gasteiger partial charge on any atom is 0.230 e. The molecule has 0 fully saturated rings. The highest BCUT2D eigenvalue weighted by Crippen LogP contribution is 2.30. The number of hydrogen-bond acceptors (Lipinski definition) is 3. The fraction of sp³-hybridized carbons (Fsp3) is 0.750. The molecule has 0 heterocycles. The summed E-state index contributed by atoms with van der Waals surface area (Å²) in [6.07, 6.45) is 1.65. The topological polar surface area (TPSA) is 66.6 Å². The molecule has 0 aromatic carbocycles. The van der Waals surface area contributed by atoms with Crippen molar-refractivity contribution >= 4 is 5.91 Å². The van der Waals surface area contributed by atoms with E-state index in [1.54, 1.807) is 11.0 Å². The maximum absolute atomic E-state index is 12.3. The maximum atomic E-state index is 12.3. The number of nitrogens with zero attached hydrogens (tertiary/aromatic N) is 1. The summed E-state index contributed by atoms with van der Waals surface area (Å²) in [6.45, 7) is 11.6. The first-order valence-electron chi connectivity index (χ1n) is 5.48. The molecular formula is C12H24N2O2. The van der Waals surface area contributed by atoms with E-state index in [2.05, 4.69) is 6.58 Å². The van der Waals surface area contributed by atoms with Crippen LogP contribution in [-0.4, -0.2) is 41.1 Å². The van der Waals surface area contributed by atoms with Gasteiger partial charge in [-0.15, -0.1) is 6.58 Å². The molecule has 0 rings (SSSR count). The van der Waals surface area contributed by atoms with Crippen LogP contribution in [0, 0.1) is 5.41 Å². The Hall–Kier alpha value is -0.870. The molecule has 0 radical (unpaired) electrons. The Bertz CT molecular complexity index is 254.